The minimum absolute atomic E-state index is 0.294. The lowest BCUT2D eigenvalue weighted by Gasteiger charge is -2.20. The molecule has 5 nitrogen and oxygen atoms in total. The lowest BCUT2D eigenvalue weighted by Crippen LogP contribution is -2.33. The van der Waals surface area contributed by atoms with Crippen molar-refractivity contribution >= 4 is 23.0 Å². The molecule has 1 aliphatic heterocycles. The highest BCUT2D eigenvalue weighted by Crippen LogP contribution is 2.32. The number of ether oxygens (including phenoxy) is 2. The van der Waals surface area contributed by atoms with Gasteiger partial charge in [-0.15, -0.1) is 0 Å². The maximum Gasteiger partial charge on any atom is 0.231 e. The lowest BCUT2D eigenvalue weighted by molar-refractivity contribution is 0.174. The summed E-state index contributed by atoms with van der Waals surface area (Å²) in [5, 5.41) is 8.16. The number of hydrazone groups is 1. The van der Waals surface area contributed by atoms with Crippen molar-refractivity contribution in [2.45, 2.75) is 39.2 Å². The van der Waals surface area contributed by atoms with Gasteiger partial charge in [-0.3, -0.25) is 5.43 Å². The van der Waals surface area contributed by atoms with Gasteiger partial charge < -0.3 is 14.8 Å². The molecule has 1 heterocycles. The summed E-state index contributed by atoms with van der Waals surface area (Å²) in [6.07, 6.45) is 4.81. The summed E-state index contributed by atoms with van der Waals surface area (Å²) in [7, 11) is 0. The van der Waals surface area contributed by atoms with Crippen molar-refractivity contribution in [2.75, 3.05) is 6.79 Å². The van der Waals surface area contributed by atoms with Crippen molar-refractivity contribution in [1.29, 1.82) is 0 Å². The Bertz CT molecular complexity index is 589. The van der Waals surface area contributed by atoms with Gasteiger partial charge in [-0.2, -0.15) is 5.10 Å². The molecule has 0 spiro atoms. The Hall–Kier alpha value is -1.82. The Balaban J connectivity index is 1.49. The van der Waals surface area contributed by atoms with E-state index in [0.717, 1.165) is 23.5 Å². The molecule has 1 atom stereocenters. The molecule has 1 aliphatic carbocycles. The number of thiocarbonyl (C=S) groups is 1. The first kappa shape index (κ1) is 15.1. The molecule has 0 radical (unpaired) electrons. The highest BCUT2D eigenvalue weighted by atomic mass is 32.1. The van der Waals surface area contributed by atoms with Gasteiger partial charge in [-0.05, 0) is 55.1 Å². The molecule has 0 bridgehead atoms. The van der Waals surface area contributed by atoms with Crippen LogP contribution in [-0.2, 0) is 6.54 Å². The molecule has 22 heavy (non-hydrogen) atoms. The van der Waals surface area contributed by atoms with Crippen molar-refractivity contribution in [3.05, 3.63) is 23.8 Å². The van der Waals surface area contributed by atoms with E-state index in [2.05, 4.69) is 22.8 Å². The van der Waals surface area contributed by atoms with Gasteiger partial charge in [0.15, 0.2) is 16.6 Å². The van der Waals surface area contributed by atoms with Crippen LogP contribution in [0.1, 0.15) is 38.2 Å². The standard InChI is InChI=1S/C16H21N3O2S/c1-11-4-2-3-5-13(11)18-19-16(22)17-9-12-6-7-14-15(8-12)21-10-20-14/h6-8,11H,2-5,9-10H2,1H3,(H2,17,19,22)/t11-/m1/s1. The molecule has 6 heteroatoms. The highest BCUT2D eigenvalue weighted by molar-refractivity contribution is 7.80. The second-order valence-corrected chi connectivity index (χ2v) is 6.14. The number of nitrogens with one attached hydrogen (secondary N) is 2. The van der Waals surface area contributed by atoms with Crippen LogP contribution in [0.3, 0.4) is 0 Å². The Kier molecular flexibility index (Phi) is 4.77. The van der Waals surface area contributed by atoms with Gasteiger partial charge in [-0.25, -0.2) is 0 Å². The summed E-state index contributed by atoms with van der Waals surface area (Å²) in [6.45, 7) is 3.15. The van der Waals surface area contributed by atoms with Crippen LogP contribution in [0.5, 0.6) is 11.5 Å². The number of fused-ring (bicyclic) bond motifs is 1. The molecule has 1 aromatic rings. The van der Waals surface area contributed by atoms with Gasteiger partial charge in [0, 0.05) is 12.3 Å². The van der Waals surface area contributed by atoms with E-state index < -0.39 is 0 Å². The molecule has 0 saturated heterocycles. The first-order valence-electron chi connectivity index (χ1n) is 7.71. The summed E-state index contributed by atoms with van der Waals surface area (Å²) in [5.74, 6) is 2.13. The van der Waals surface area contributed by atoms with Gasteiger partial charge >= 0.3 is 0 Å². The molecule has 2 aliphatic rings. The number of rotatable bonds is 3. The Morgan fingerprint density at radius 3 is 3.05 bits per heavy atom. The van der Waals surface area contributed by atoms with Crippen LogP contribution in [-0.4, -0.2) is 17.6 Å². The molecule has 1 saturated carbocycles. The van der Waals surface area contributed by atoms with Crippen LogP contribution in [0.25, 0.3) is 0 Å². The minimum atomic E-state index is 0.294. The Labute approximate surface area is 136 Å². The van der Waals surface area contributed by atoms with Crippen LogP contribution in [0.2, 0.25) is 0 Å². The number of hydrogen-bond donors (Lipinski definition) is 2. The Morgan fingerprint density at radius 2 is 2.18 bits per heavy atom. The second-order valence-electron chi connectivity index (χ2n) is 5.73. The quantitative estimate of drug-likeness (QED) is 0.663. The zero-order valence-corrected chi connectivity index (χ0v) is 13.5. The smallest absolute Gasteiger partial charge is 0.231 e. The van der Waals surface area contributed by atoms with Gasteiger partial charge in [0.1, 0.15) is 0 Å². The van der Waals surface area contributed by atoms with Crippen molar-refractivity contribution < 1.29 is 9.47 Å². The van der Waals surface area contributed by atoms with Crippen molar-refractivity contribution in [2.24, 2.45) is 11.0 Å². The van der Waals surface area contributed by atoms with Crippen LogP contribution < -0.4 is 20.2 Å². The highest BCUT2D eigenvalue weighted by Gasteiger charge is 2.16. The van der Waals surface area contributed by atoms with Crippen molar-refractivity contribution in [3.63, 3.8) is 0 Å². The average Bonchev–Trinajstić information content (AvgIpc) is 2.99. The van der Waals surface area contributed by atoms with E-state index in [0.29, 0.717) is 24.4 Å². The van der Waals surface area contributed by atoms with Gasteiger partial charge in [0.25, 0.3) is 0 Å². The van der Waals surface area contributed by atoms with E-state index in [-0.39, 0.29) is 0 Å². The normalized spacial score (nSPS) is 21.7. The summed E-state index contributed by atoms with van der Waals surface area (Å²) in [6, 6.07) is 5.88. The molecule has 0 amide bonds. The molecule has 2 N–H and O–H groups in total. The molecule has 1 aromatic carbocycles. The number of hydrogen-bond acceptors (Lipinski definition) is 4. The van der Waals surface area contributed by atoms with Gasteiger partial charge in [-0.1, -0.05) is 19.4 Å². The third-order valence-electron chi connectivity index (χ3n) is 4.08. The summed E-state index contributed by atoms with van der Waals surface area (Å²) >= 11 is 5.27. The molecular weight excluding hydrogens is 298 g/mol. The van der Waals surface area contributed by atoms with Crippen molar-refractivity contribution in [1.82, 2.24) is 10.7 Å². The molecule has 1 fully saturated rings. The predicted molar refractivity (Wildman–Crippen MR) is 90.2 cm³/mol. The maximum absolute atomic E-state index is 5.36. The topological polar surface area (TPSA) is 54.9 Å². The van der Waals surface area contributed by atoms with Crippen molar-refractivity contribution in [3.8, 4) is 11.5 Å². The first-order valence-corrected chi connectivity index (χ1v) is 8.12. The van der Waals surface area contributed by atoms with Crippen LogP contribution >= 0.6 is 12.2 Å². The zero-order chi connectivity index (χ0) is 15.4. The van der Waals surface area contributed by atoms with E-state index in [1.165, 1.54) is 25.0 Å². The Morgan fingerprint density at radius 1 is 1.32 bits per heavy atom. The molecule has 0 unspecified atom stereocenters. The fourth-order valence-corrected chi connectivity index (χ4v) is 2.85. The molecular formula is C16H21N3O2S. The van der Waals surface area contributed by atoms with E-state index in [1.54, 1.807) is 0 Å². The fourth-order valence-electron chi connectivity index (χ4n) is 2.73. The largest absolute Gasteiger partial charge is 0.454 e. The minimum Gasteiger partial charge on any atom is -0.454 e. The van der Waals surface area contributed by atoms with Gasteiger partial charge in [0.2, 0.25) is 6.79 Å². The monoisotopic (exact) mass is 319 g/mol. The van der Waals surface area contributed by atoms with Crippen LogP contribution in [0.15, 0.2) is 23.3 Å². The molecule has 3 rings (SSSR count). The predicted octanol–water partition coefficient (Wildman–Crippen LogP) is 2.95. The van der Waals surface area contributed by atoms with E-state index in [1.807, 2.05) is 18.2 Å². The summed E-state index contributed by atoms with van der Waals surface area (Å²) < 4.78 is 10.7. The number of benzene rings is 1. The maximum atomic E-state index is 5.36. The van der Waals surface area contributed by atoms with E-state index in [4.69, 9.17) is 21.7 Å². The third kappa shape index (κ3) is 3.68. The second kappa shape index (κ2) is 6.96. The number of nitrogens with zero attached hydrogens (tertiary/aromatic N) is 1. The summed E-state index contributed by atoms with van der Waals surface area (Å²) in [5.41, 5.74) is 5.27. The zero-order valence-electron chi connectivity index (χ0n) is 12.7. The SMILES string of the molecule is C[C@@H]1CCCCC1=NNC(=S)NCc1ccc2c(c1)OCO2. The van der Waals surface area contributed by atoms with Gasteiger partial charge in [0.05, 0.1) is 0 Å². The first-order chi connectivity index (χ1) is 10.7. The third-order valence-corrected chi connectivity index (χ3v) is 4.32. The van der Waals surface area contributed by atoms with E-state index in [9.17, 15) is 0 Å². The van der Waals surface area contributed by atoms with Crippen LogP contribution in [0, 0.1) is 5.92 Å². The molecule has 118 valence electrons. The molecule has 0 aromatic heterocycles. The lowest BCUT2D eigenvalue weighted by atomic mass is 9.89. The average molecular weight is 319 g/mol. The van der Waals surface area contributed by atoms with E-state index >= 15 is 0 Å². The fraction of sp³-hybridized carbons (Fsp3) is 0.500. The van der Waals surface area contributed by atoms with Crippen LogP contribution in [0.4, 0.5) is 0 Å². The summed E-state index contributed by atoms with van der Waals surface area (Å²) in [4.78, 5) is 0.